The Morgan fingerprint density at radius 2 is 1.50 bits per heavy atom. The van der Waals surface area contributed by atoms with E-state index in [2.05, 4.69) is 0 Å². The minimum absolute atomic E-state index is 0. The molecular formula is C14H24N2O6. The molecule has 1 aromatic rings. The van der Waals surface area contributed by atoms with Crippen LogP contribution < -0.4 is 22.5 Å². The highest BCUT2D eigenvalue weighted by Crippen LogP contribution is 2.32. The summed E-state index contributed by atoms with van der Waals surface area (Å²) in [7, 11) is 2.18. The molecular weight excluding hydrogens is 292 g/mol. The van der Waals surface area contributed by atoms with Crippen LogP contribution in [0.1, 0.15) is 12.5 Å². The number of ether oxygens (including phenoxy) is 2. The van der Waals surface area contributed by atoms with E-state index in [0.717, 1.165) is 21.1 Å². The van der Waals surface area contributed by atoms with Crippen molar-refractivity contribution in [2.24, 2.45) is 0 Å². The molecule has 0 aromatic heterocycles. The number of carboxylic acid groups (broad SMARTS) is 2. The van der Waals surface area contributed by atoms with Crippen LogP contribution in [0, 0.1) is 0 Å². The van der Waals surface area contributed by atoms with Crippen molar-refractivity contribution in [2.75, 3.05) is 14.2 Å². The van der Waals surface area contributed by atoms with Gasteiger partial charge in [-0.15, -0.1) is 0 Å². The van der Waals surface area contributed by atoms with E-state index in [9.17, 15) is 19.8 Å². The van der Waals surface area contributed by atoms with Crippen LogP contribution in [0.25, 0.3) is 0 Å². The molecule has 0 radical (unpaired) electrons. The van der Waals surface area contributed by atoms with Crippen LogP contribution in [-0.4, -0.2) is 37.4 Å². The average Bonchev–Trinajstić information content (AvgIpc) is 2.44. The highest BCUT2D eigenvalue weighted by Gasteiger charge is 2.52. The second-order valence-electron chi connectivity index (χ2n) is 4.51. The van der Waals surface area contributed by atoms with E-state index in [0.29, 0.717) is 5.56 Å². The number of carbonyl (C=O) groups is 2. The lowest BCUT2D eigenvalue weighted by Gasteiger charge is -2.47. The number of rotatable bonds is 7. The summed E-state index contributed by atoms with van der Waals surface area (Å²) < 4.78 is 9.89. The van der Waals surface area contributed by atoms with Gasteiger partial charge in [-0.2, -0.15) is 0 Å². The molecule has 0 aliphatic carbocycles. The molecule has 126 valence electrons. The number of aliphatic carboxylic acids is 2. The first kappa shape index (κ1) is 22.3. The Labute approximate surface area is 129 Å². The largest absolute Gasteiger partial charge is 0.547 e. The van der Waals surface area contributed by atoms with Crippen molar-refractivity contribution >= 4 is 11.9 Å². The maximum absolute atomic E-state index is 11.6. The Balaban J connectivity index is 0. The summed E-state index contributed by atoms with van der Waals surface area (Å²) in [6, 6.07) is 8.47. The summed E-state index contributed by atoms with van der Waals surface area (Å²) >= 11 is 0. The Bertz CT molecular complexity index is 495. The molecule has 8 heteroatoms. The third kappa shape index (κ3) is 3.60. The van der Waals surface area contributed by atoms with Gasteiger partial charge in [0, 0.05) is 20.6 Å². The fourth-order valence-corrected chi connectivity index (χ4v) is 2.08. The molecule has 8 nitrogen and oxygen atoms in total. The van der Waals surface area contributed by atoms with Crippen molar-refractivity contribution in [1.82, 2.24) is 12.3 Å². The normalized spacial score (nSPS) is 15.4. The van der Waals surface area contributed by atoms with Crippen LogP contribution in [0.2, 0.25) is 0 Å². The second kappa shape index (κ2) is 8.44. The molecule has 0 bridgehead atoms. The minimum atomic E-state index is -2.21. The van der Waals surface area contributed by atoms with Crippen molar-refractivity contribution in [3.8, 4) is 0 Å². The van der Waals surface area contributed by atoms with E-state index < -0.39 is 23.1 Å². The molecule has 0 amide bonds. The van der Waals surface area contributed by atoms with Gasteiger partial charge in [0.2, 0.25) is 0 Å². The van der Waals surface area contributed by atoms with E-state index in [1.807, 2.05) is 0 Å². The molecule has 2 unspecified atom stereocenters. The van der Waals surface area contributed by atoms with Gasteiger partial charge in [-0.3, -0.25) is 0 Å². The number of hydrogen-bond acceptors (Lipinski definition) is 6. The van der Waals surface area contributed by atoms with E-state index >= 15 is 0 Å². The number of benzene rings is 1. The lowest BCUT2D eigenvalue weighted by atomic mass is 9.79. The van der Waals surface area contributed by atoms with Crippen LogP contribution in [0.3, 0.4) is 0 Å². The molecule has 0 spiro atoms. The van der Waals surface area contributed by atoms with E-state index in [4.69, 9.17) is 9.47 Å². The molecule has 0 saturated carbocycles. The maximum Gasteiger partial charge on any atom is 0.145 e. The first-order chi connectivity index (χ1) is 9.34. The number of hydrogen-bond donors (Lipinski definition) is 2. The van der Waals surface area contributed by atoms with Gasteiger partial charge in [-0.1, -0.05) is 30.3 Å². The molecule has 22 heavy (non-hydrogen) atoms. The highest BCUT2D eigenvalue weighted by atomic mass is 16.6. The van der Waals surface area contributed by atoms with Crippen LogP contribution in [-0.2, 0) is 25.5 Å². The van der Waals surface area contributed by atoms with E-state index in [1.165, 1.54) is 0 Å². The zero-order valence-corrected chi connectivity index (χ0v) is 13.5. The zero-order chi connectivity index (χ0) is 15.4. The topological polar surface area (TPSA) is 172 Å². The molecule has 2 atom stereocenters. The average molecular weight is 316 g/mol. The summed E-state index contributed by atoms with van der Waals surface area (Å²) in [6.45, 7) is 1.09. The summed E-state index contributed by atoms with van der Waals surface area (Å²) in [4.78, 5) is 22.9. The fraction of sp³-hybridized carbons (Fsp3) is 0.429. The van der Waals surface area contributed by atoms with Crippen LogP contribution in [0.15, 0.2) is 30.3 Å². The second-order valence-corrected chi connectivity index (χ2v) is 4.51. The Hall–Kier alpha value is -2.00. The first-order valence-electron chi connectivity index (χ1n) is 5.91. The summed E-state index contributed by atoms with van der Waals surface area (Å²) in [5.74, 6) is -3.38. The molecule has 0 aliphatic rings. The van der Waals surface area contributed by atoms with Gasteiger partial charge in [0.05, 0.1) is 11.9 Å². The van der Waals surface area contributed by atoms with Gasteiger partial charge in [-0.05, 0) is 12.5 Å². The standard InChI is InChI=1S/C14H18O6.2H3N/c1-13(19-2,11(15)16)14(20-3,12(17)18)9-10-7-5-4-6-8-10;;/h4-8H,9H2,1-3H3,(H,15,16)(H,17,18);2*1H3. The molecule has 0 heterocycles. The highest BCUT2D eigenvalue weighted by molar-refractivity contribution is 5.89. The van der Waals surface area contributed by atoms with Crippen LogP contribution in [0.5, 0.6) is 0 Å². The predicted octanol–water partition coefficient (Wildman–Crippen LogP) is -0.728. The minimum Gasteiger partial charge on any atom is -0.547 e. The zero-order valence-electron chi connectivity index (χ0n) is 13.5. The third-order valence-corrected chi connectivity index (χ3v) is 3.54. The van der Waals surface area contributed by atoms with E-state index in [-0.39, 0.29) is 18.7 Å². The lowest BCUT2D eigenvalue weighted by molar-refractivity contribution is -0.360. The number of quaternary nitrogens is 2. The van der Waals surface area contributed by atoms with Crippen LogP contribution in [0.4, 0.5) is 0 Å². The number of carboxylic acids is 2. The van der Waals surface area contributed by atoms with Gasteiger partial charge in [0.15, 0.2) is 0 Å². The van der Waals surface area contributed by atoms with Crippen molar-refractivity contribution < 1.29 is 29.3 Å². The SMILES string of the molecule is COC(C)(C(=O)[O-])C(Cc1ccccc1)(OC)C(=O)[O-].[NH4+].[NH4+]. The predicted molar refractivity (Wildman–Crippen MR) is 77.3 cm³/mol. The van der Waals surface area contributed by atoms with Gasteiger partial charge >= 0.3 is 0 Å². The summed E-state index contributed by atoms with van der Waals surface area (Å²) in [5.41, 5.74) is -3.83. The molecule has 0 aliphatic heterocycles. The third-order valence-electron chi connectivity index (χ3n) is 3.54. The molecule has 1 rings (SSSR count). The summed E-state index contributed by atoms with van der Waals surface area (Å²) in [5, 5.41) is 22.9. The van der Waals surface area contributed by atoms with Crippen molar-refractivity contribution in [3.63, 3.8) is 0 Å². The van der Waals surface area contributed by atoms with Crippen molar-refractivity contribution in [1.29, 1.82) is 0 Å². The lowest BCUT2D eigenvalue weighted by Crippen LogP contribution is -2.71. The monoisotopic (exact) mass is 316 g/mol. The Kier molecular flexibility index (Phi) is 8.55. The quantitative estimate of drug-likeness (QED) is 0.671. The van der Waals surface area contributed by atoms with E-state index in [1.54, 1.807) is 30.3 Å². The molecule has 0 saturated heterocycles. The van der Waals surface area contributed by atoms with Crippen LogP contribution >= 0.6 is 0 Å². The van der Waals surface area contributed by atoms with Crippen molar-refractivity contribution in [2.45, 2.75) is 24.5 Å². The number of methoxy groups -OCH3 is 2. The Morgan fingerprint density at radius 1 is 1.00 bits per heavy atom. The van der Waals surface area contributed by atoms with Gasteiger partial charge in [0.25, 0.3) is 0 Å². The summed E-state index contributed by atoms with van der Waals surface area (Å²) in [6.07, 6.45) is -0.231. The Morgan fingerprint density at radius 3 is 1.82 bits per heavy atom. The fourth-order valence-electron chi connectivity index (χ4n) is 2.08. The van der Waals surface area contributed by atoms with Gasteiger partial charge in [-0.25, -0.2) is 0 Å². The molecule has 0 fully saturated rings. The number of carbonyl (C=O) groups excluding carboxylic acids is 2. The van der Waals surface area contributed by atoms with Crippen molar-refractivity contribution in [3.05, 3.63) is 35.9 Å². The molecule has 1 aromatic carbocycles. The maximum atomic E-state index is 11.6. The molecule has 8 N–H and O–H groups in total. The first-order valence-corrected chi connectivity index (χ1v) is 5.91. The smallest absolute Gasteiger partial charge is 0.145 e. The van der Waals surface area contributed by atoms with Gasteiger partial charge < -0.3 is 41.6 Å². The van der Waals surface area contributed by atoms with Gasteiger partial charge in [0.1, 0.15) is 11.2 Å².